The van der Waals surface area contributed by atoms with E-state index in [0.29, 0.717) is 0 Å². The highest BCUT2D eigenvalue weighted by atomic mass is 15.2. The minimum Gasteiger partial charge on any atom is -0.311 e. The van der Waals surface area contributed by atoms with Gasteiger partial charge in [-0.1, -0.05) is 126 Å². The van der Waals surface area contributed by atoms with Gasteiger partial charge in [-0.15, -0.1) is 0 Å². The molecule has 0 radical (unpaired) electrons. The topological polar surface area (TPSA) is 36.7 Å². The second-order valence-electron chi connectivity index (χ2n) is 22.1. The molecule has 11 rings (SSSR count). The lowest BCUT2D eigenvalue weighted by Crippen LogP contribution is -2.61. The van der Waals surface area contributed by atoms with Gasteiger partial charge in [0, 0.05) is 51.0 Å². The van der Waals surface area contributed by atoms with Crippen molar-refractivity contribution in [2.45, 2.75) is 105 Å². The van der Waals surface area contributed by atoms with Crippen LogP contribution in [0.2, 0.25) is 0 Å². The van der Waals surface area contributed by atoms with Crippen molar-refractivity contribution >= 4 is 95.3 Å². The molecule has 0 fully saturated rings. The number of fused-ring (bicyclic) bond motifs is 12. The lowest BCUT2D eigenvalue weighted by Gasteiger charge is -2.45. The Morgan fingerprint density at radius 2 is 0.935 bits per heavy atom. The zero-order valence-corrected chi connectivity index (χ0v) is 38.4. The van der Waals surface area contributed by atoms with Crippen LogP contribution in [0.5, 0.6) is 0 Å². The molecular weight excluding hydrogens is 753 g/mol. The van der Waals surface area contributed by atoms with Crippen LogP contribution in [0.4, 0.5) is 34.1 Å². The first-order valence-corrected chi connectivity index (χ1v) is 22.4. The first-order valence-electron chi connectivity index (χ1n) is 22.4. The Kier molecular flexibility index (Phi) is 7.95. The molecule has 308 valence electrons. The van der Waals surface area contributed by atoms with Crippen molar-refractivity contribution in [2.75, 3.05) is 9.80 Å². The zero-order chi connectivity index (χ0) is 43.4. The van der Waals surface area contributed by atoms with Crippen molar-refractivity contribution in [2.24, 2.45) is 0 Å². The van der Waals surface area contributed by atoms with Gasteiger partial charge in [-0.05, 0) is 115 Å². The number of anilines is 6. The highest BCUT2D eigenvalue weighted by Crippen LogP contribution is 2.55. The summed E-state index contributed by atoms with van der Waals surface area (Å²) < 4.78 is 2.51. The summed E-state index contributed by atoms with van der Waals surface area (Å²) in [7, 11) is 0. The van der Waals surface area contributed by atoms with Gasteiger partial charge >= 0.3 is 0 Å². The molecule has 0 spiro atoms. The molecule has 2 aliphatic heterocycles. The van der Waals surface area contributed by atoms with Crippen LogP contribution in [-0.2, 0) is 21.7 Å². The van der Waals surface area contributed by atoms with Gasteiger partial charge in [0.2, 0.25) is 0 Å². The summed E-state index contributed by atoms with van der Waals surface area (Å²) in [6, 6.07) is 37.7. The maximum atomic E-state index is 4.91. The van der Waals surface area contributed by atoms with Crippen LogP contribution < -0.4 is 26.2 Å². The summed E-state index contributed by atoms with van der Waals surface area (Å²) in [5.74, 6) is 0. The second-order valence-corrected chi connectivity index (χ2v) is 22.1. The van der Waals surface area contributed by atoms with E-state index in [4.69, 9.17) is 9.97 Å². The van der Waals surface area contributed by atoms with Crippen molar-refractivity contribution in [3.05, 3.63) is 144 Å². The molecule has 4 aromatic heterocycles. The normalized spacial score (nSPS) is 14.4. The third kappa shape index (κ3) is 5.47. The Balaban J connectivity index is 1.39. The Morgan fingerprint density at radius 3 is 1.53 bits per heavy atom. The summed E-state index contributed by atoms with van der Waals surface area (Å²) in [5.41, 5.74) is 19.8. The lowest BCUT2D eigenvalue weighted by atomic mass is 9.33. The summed E-state index contributed by atoms with van der Waals surface area (Å²) in [4.78, 5) is 14.9. The number of aromatic nitrogens is 3. The maximum Gasteiger partial charge on any atom is 0.252 e. The fourth-order valence-corrected chi connectivity index (χ4v) is 10.5. The molecule has 0 unspecified atom stereocenters. The Morgan fingerprint density at radius 1 is 0.435 bits per heavy atom. The molecule has 9 aromatic rings. The fraction of sp³-hybridized carbons (Fsp3) is 0.286. The van der Waals surface area contributed by atoms with Gasteiger partial charge in [-0.3, -0.25) is 9.97 Å². The molecule has 0 amide bonds. The number of hydrogen-bond acceptors (Lipinski definition) is 4. The van der Waals surface area contributed by atoms with E-state index in [1.807, 2.05) is 12.4 Å². The van der Waals surface area contributed by atoms with Gasteiger partial charge in [0.05, 0.1) is 46.0 Å². The summed E-state index contributed by atoms with van der Waals surface area (Å²) >= 11 is 0. The molecule has 0 atom stereocenters. The zero-order valence-electron chi connectivity index (χ0n) is 38.4. The van der Waals surface area contributed by atoms with E-state index >= 15 is 0 Å². The Hall–Kier alpha value is -6.14. The molecule has 5 nitrogen and oxygen atoms in total. The molecule has 6 heteroatoms. The molecule has 0 bridgehead atoms. The predicted molar refractivity (Wildman–Crippen MR) is 266 cm³/mol. The predicted octanol–water partition coefficient (Wildman–Crippen LogP) is 12.9. The third-order valence-electron chi connectivity index (χ3n) is 13.9. The van der Waals surface area contributed by atoms with Crippen LogP contribution in [0, 0.1) is 0 Å². The largest absolute Gasteiger partial charge is 0.311 e. The second kappa shape index (κ2) is 12.7. The molecule has 5 aromatic carbocycles. The summed E-state index contributed by atoms with van der Waals surface area (Å²) in [6.45, 7) is 27.7. The highest BCUT2D eigenvalue weighted by Gasteiger charge is 2.47. The van der Waals surface area contributed by atoms with Crippen molar-refractivity contribution in [1.82, 2.24) is 14.4 Å². The molecule has 62 heavy (non-hydrogen) atoms. The van der Waals surface area contributed by atoms with Crippen LogP contribution in [-0.4, -0.2) is 21.1 Å². The van der Waals surface area contributed by atoms with Crippen molar-refractivity contribution in [1.29, 1.82) is 0 Å². The molecule has 0 aliphatic carbocycles. The third-order valence-corrected chi connectivity index (χ3v) is 13.9. The lowest BCUT2D eigenvalue weighted by molar-refractivity contribution is 0.590. The standard InChI is InChI=1S/C56H56BN5/c1-53(2,3)33-13-19-37(20-14-33)60-44-24-18-36(56(10,11)12)30-42(44)57-41-26-28-59-32-46(41)61(38-21-15-34(16-22-38)54(4,5)6)52-48-40-29-35(55(7,8)9)17-23-43(40)62-45-31-58-27-25-39(45)47(50(48)62)51(60)49(52)57/h13-32H,1-12H3. The smallest absolute Gasteiger partial charge is 0.252 e. The van der Waals surface area contributed by atoms with Gasteiger partial charge in [-0.25, -0.2) is 0 Å². The fourth-order valence-electron chi connectivity index (χ4n) is 10.5. The number of nitrogens with zero attached hydrogens (tertiary/aromatic N) is 5. The average Bonchev–Trinajstić information content (AvgIpc) is 3.74. The first kappa shape index (κ1) is 38.8. The van der Waals surface area contributed by atoms with Crippen LogP contribution in [0.25, 0.3) is 38.1 Å². The monoisotopic (exact) mass is 809 g/mol. The quantitative estimate of drug-likeness (QED) is 0.163. The van der Waals surface area contributed by atoms with Crippen LogP contribution in [0.15, 0.2) is 122 Å². The van der Waals surface area contributed by atoms with E-state index in [1.54, 1.807) is 0 Å². The number of pyridine rings is 2. The number of rotatable bonds is 2. The maximum absolute atomic E-state index is 4.91. The SMILES string of the molecule is CC(C)(C)c1ccc(N2c3cnccc3B3c4cc(C(C)(C)C)ccc4N(c4ccc(C(C)(C)C)cc4)c4c3c2c2c3cc(C(C)(C)C)ccc3n3c5cnccc5c4c23)cc1. The van der Waals surface area contributed by atoms with Gasteiger partial charge in [-0.2, -0.15) is 0 Å². The summed E-state index contributed by atoms with van der Waals surface area (Å²) in [6.07, 6.45) is 8.15. The van der Waals surface area contributed by atoms with Gasteiger partial charge in [0.1, 0.15) is 0 Å². The minimum absolute atomic E-state index is 0.0198. The van der Waals surface area contributed by atoms with Crippen molar-refractivity contribution in [3.63, 3.8) is 0 Å². The molecule has 0 N–H and O–H groups in total. The minimum atomic E-state index is -0.0544. The van der Waals surface area contributed by atoms with E-state index in [-0.39, 0.29) is 28.4 Å². The summed E-state index contributed by atoms with van der Waals surface area (Å²) in [5, 5.41) is 5.01. The van der Waals surface area contributed by atoms with Gasteiger partial charge < -0.3 is 14.2 Å². The van der Waals surface area contributed by atoms with Crippen LogP contribution >= 0.6 is 0 Å². The Labute approximate surface area is 366 Å². The molecule has 0 saturated carbocycles. The van der Waals surface area contributed by atoms with Crippen LogP contribution in [0.3, 0.4) is 0 Å². The first-order chi connectivity index (χ1) is 29.3. The van der Waals surface area contributed by atoms with E-state index < -0.39 is 0 Å². The van der Waals surface area contributed by atoms with Crippen LogP contribution in [0.1, 0.15) is 105 Å². The number of benzene rings is 5. The average molecular weight is 810 g/mol. The van der Waals surface area contributed by atoms with Crippen molar-refractivity contribution in [3.8, 4) is 0 Å². The molecular formula is C56H56BN5. The Bertz CT molecular complexity index is 3270. The molecule has 6 heterocycles. The molecule has 0 saturated heterocycles. The van der Waals surface area contributed by atoms with E-state index in [0.717, 1.165) is 22.6 Å². The van der Waals surface area contributed by atoms with Crippen molar-refractivity contribution < 1.29 is 0 Å². The van der Waals surface area contributed by atoms with Gasteiger partial charge in [0.15, 0.2) is 0 Å². The highest BCUT2D eigenvalue weighted by molar-refractivity contribution is 7.01. The van der Waals surface area contributed by atoms with E-state index in [2.05, 4.69) is 207 Å². The van der Waals surface area contributed by atoms with E-state index in [9.17, 15) is 0 Å². The van der Waals surface area contributed by atoms with E-state index in [1.165, 1.54) is 88.3 Å². The molecule has 2 aliphatic rings. The van der Waals surface area contributed by atoms with Gasteiger partial charge in [0.25, 0.3) is 6.71 Å². The number of hydrogen-bond donors (Lipinski definition) is 0.